The Morgan fingerprint density at radius 2 is 1.95 bits per heavy atom. The molecule has 7 heteroatoms. The molecule has 0 bridgehead atoms. The number of hydroxylamine groups is 1. The second kappa shape index (κ2) is 7.21. The van der Waals surface area contributed by atoms with Gasteiger partial charge in [0.2, 0.25) is 0 Å². The highest BCUT2D eigenvalue weighted by Gasteiger charge is 2.22. The topological polar surface area (TPSA) is 75.7 Å². The number of amides is 1. The molecule has 0 spiro atoms. The third-order valence-electron chi connectivity index (χ3n) is 3.93. The second-order valence-corrected chi connectivity index (χ2v) is 7.37. The molecule has 0 aromatic heterocycles. The second-order valence-electron chi connectivity index (χ2n) is 5.43. The lowest BCUT2D eigenvalue weighted by molar-refractivity contribution is -0.0258. The van der Waals surface area contributed by atoms with Crippen LogP contribution in [0, 0.1) is 0 Å². The number of carbonyl (C=O) groups is 1. The highest BCUT2D eigenvalue weighted by Crippen LogP contribution is 2.19. The SMILES string of the molecule is CON(C)S(=O)(=O)c1cccc(C(=O)NC2CCCCC2)c1. The van der Waals surface area contributed by atoms with Gasteiger partial charge in [0.15, 0.2) is 0 Å². The Hall–Kier alpha value is -1.44. The fraction of sp³-hybridized carbons (Fsp3) is 0.533. The molecule has 2 rings (SSSR count). The molecule has 0 heterocycles. The number of hydrogen-bond donors (Lipinski definition) is 1. The molecule has 1 aliphatic rings. The fourth-order valence-corrected chi connectivity index (χ4v) is 3.58. The van der Waals surface area contributed by atoms with Crippen LogP contribution in [0.5, 0.6) is 0 Å². The van der Waals surface area contributed by atoms with Crippen molar-refractivity contribution in [3.8, 4) is 0 Å². The van der Waals surface area contributed by atoms with Crippen molar-refractivity contribution in [1.29, 1.82) is 0 Å². The minimum absolute atomic E-state index is 0.0353. The Balaban J connectivity index is 2.15. The largest absolute Gasteiger partial charge is 0.349 e. The highest BCUT2D eigenvalue weighted by molar-refractivity contribution is 7.89. The third-order valence-corrected chi connectivity index (χ3v) is 5.61. The fourth-order valence-electron chi connectivity index (χ4n) is 2.56. The minimum Gasteiger partial charge on any atom is -0.349 e. The molecule has 0 atom stereocenters. The van der Waals surface area contributed by atoms with Gasteiger partial charge in [-0.1, -0.05) is 29.8 Å². The van der Waals surface area contributed by atoms with Gasteiger partial charge in [0.05, 0.1) is 12.0 Å². The minimum atomic E-state index is -3.75. The van der Waals surface area contributed by atoms with E-state index in [2.05, 4.69) is 5.32 Å². The van der Waals surface area contributed by atoms with Gasteiger partial charge in [-0.25, -0.2) is 8.42 Å². The van der Waals surface area contributed by atoms with E-state index >= 15 is 0 Å². The van der Waals surface area contributed by atoms with Crippen LogP contribution in [-0.2, 0) is 14.9 Å². The van der Waals surface area contributed by atoms with Gasteiger partial charge in [0.1, 0.15) is 0 Å². The summed E-state index contributed by atoms with van der Waals surface area (Å²) < 4.78 is 25.2. The van der Waals surface area contributed by atoms with Crippen molar-refractivity contribution >= 4 is 15.9 Å². The molecular weight excluding hydrogens is 304 g/mol. The third kappa shape index (κ3) is 3.85. The Morgan fingerprint density at radius 3 is 2.59 bits per heavy atom. The molecule has 0 radical (unpaired) electrons. The van der Waals surface area contributed by atoms with Crippen LogP contribution in [0.3, 0.4) is 0 Å². The lowest BCUT2D eigenvalue weighted by Crippen LogP contribution is -2.36. The summed E-state index contributed by atoms with van der Waals surface area (Å²) in [5.74, 6) is -0.232. The zero-order valence-corrected chi connectivity index (χ0v) is 13.7. The van der Waals surface area contributed by atoms with Crippen LogP contribution in [0.4, 0.5) is 0 Å². The number of sulfonamides is 1. The molecule has 1 aromatic carbocycles. The average Bonchev–Trinajstić information content (AvgIpc) is 2.55. The first-order valence-corrected chi connectivity index (χ1v) is 8.83. The first kappa shape index (κ1) is 16.9. The van der Waals surface area contributed by atoms with E-state index < -0.39 is 10.0 Å². The summed E-state index contributed by atoms with van der Waals surface area (Å²) in [4.78, 5) is 17.1. The summed E-state index contributed by atoms with van der Waals surface area (Å²) in [7, 11) is -1.16. The molecule has 0 aliphatic heterocycles. The van der Waals surface area contributed by atoms with E-state index in [9.17, 15) is 13.2 Å². The van der Waals surface area contributed by atoms with Crippen molar-refractivity contribution in [3.05, 3.63) is 29.8 Å². The van der Waals surface area contributed by atoms with Crippen LogP contribution in [0.1, 0.15) is 42.5 Å². The molecule has 122 valence electrons. The smallest absolute Gasteiger partial charge is 0.264 e. The van der Waals surface area contributed by atoms with Crippen LogP contribution < -0.4 is 5.32 Å². The van der Waals surface area contributed by atoms with Crippen molar-refractivity contribution < 1.29 is 18.0 Å². The van der Waals surface area contributed by atoms with Crippen molar-refractivity contribution in [2.75, 3.05) is 14.2 Å². The lowest BCUT2D eigenvalue weighted by atomic mass is 9.95. The number of benzene rings is 1. The molecule has 0 saturated heterocycles. The number of rotatable bonds is 5. The summed E-state index contributed by atoms with van der Waals surface area (Å²) in [6, 6.07) is 6.18. The van der Waals surface area contributed by atoms with Gasteiger partial charge < -0.3 is 5.32 Å². The molecule has 1 aliphatic carbocycles. The zero-order chi connectivity index (χ0) is 16.2. The van der Waals surface area contributed by atoms with E-state index in [1.165, 1.54) is 32.7 Å². The Bertz CT molecular complexity index is 624. The maximum atomic E-state index is 12.3. The summed E-state index contributed by atoms with van der Waals surface area (Å²) in [5.41, 5.74) is 0.344. The van der Waals surface area contributed by atoms with E-state index in [1.807, 2.05) is 0 Å². The molecule has 1 saturated carbocycles. The van der Waals surface area contributed by atoms with Gasteiger partial charge in [-0.2, -0.15) is 0 Å². The van der Waals surface area contributed by atoms with Gasteiger partial charge in [0.25, 0.3) is 15.9 Å². The van der Waals surface area contributed by atoms with E-state index in [4.69, 9.17) is 4.84 Å². The molecule has 6 nitrogen and oxygen atoms in total. The first-order valence-electron chi connectivity index (χ1n) is 7.39. The molecule has 1 fully saturated rings. The van der Waals surface area contributed by atoms with Crippen LogP contribution in [-0.4, -0.2) is 39.0 Å². The zero-order valence-electron chi connectivity index (χ0n) is 12.9. The van der Waals surface area contributed by atoms with Gasteiger partial charge >= 0.3 is 0 Å². The summed E-state index contributed by atoms with van der Waals surface area (Å²) >= 11 is 0. The van der Waals surface area contributed by atoms with E-state index in [-0.39, 0.29) is 16.8 Å². The number of nitrogens with zero attached hydrogens (tertiary/aromatic N) is 1. The average molecular weight is 326 g/mol. The van der Waals surface area contributed by atoms with Crippen LogP contribution >= 0.6 is 0 Å². The van der Waals surface area contributed by atoms with E-state index in [0.29, 0.717) is 5.56 Å². The van der Waals surface area contributed by atoms with Crippen LogP contribution in [0.2, 0.25) is 0 Å². The van der Waals surface area contributed by atoms with Crippen LogP contribution in [0.15, 0.2) is 29.2 Å². The van der Waals surface area contributed by atoms with Gasteiger partial charge in [0, 0.05) is 18.7 Å². The summed E-state index contributed by atoms with van der Waals surface area (Å²) in [6.07, 6.45) is 5.42. The van der Waals surface area contributed by atoms with Crippen LogP contribution in [0.25, 0.3) is 0 Å². The molecule has 1 N–H and O–H groups in total. The van der Waals surface area contributed by atoms with E-state index in [1.54, 1.807) is 12.1 Å². The maximum absolute atomic E-state index is 12.3. The molecule has 1 amide bonds. The highest BCUT2D eigenvalue weighted by atomic mass is 32.2. The molecular formula is C15H22N2O4S. The quantitative estimate of drug-likeness (QED) is 0.839. The standard InChI is InChI=1S/C15H22N2O4S/c1-17(21-2)22(19,20)14-10-6-7-12(11-14)15(18)16-13-8-4-3-5-9-13/h6-7,10-11,13H,3-5,8-9H2,1-2H3,(H,16,18). The summed E-state index contributed by atoms with van der Waals surface area (Å²) in [6.45, 7) is 0. The Morgan fingerprint density at radius 1 is 1.27 bits per heavy atom. The van der Waals surface area contributed by atoms with Gasteiger partial charge in [-0.3, -0.25) is 9.63 Å². The van der Waals surface area contributed by atoms with Gasteiger partial charge in [-0.15, -0.1) is 0 Å². The Kier molecular flexibility index (Phi) is 5.55. The Labute approximate surface area is 131 Å². The van der Waals surface area contributed by atoms with E-state index in [0.717, 1.165) is 30.2 Å². The monoisotopic (exact) mass is 326 g/mol. The molecule has 1 aromatic rings. The maximum Gasteiger partial charge on any atom is 0.264 e. The van der Waals surface area contributed by atoms with Crippen molar-refractivity contribution in [2.45, 2.75) is 43.0 Å². The molecule has 22 heavy (non-hydrogen) atoms. The first-order chi connectivity index (χ1) is 10.4. The lowest BCUT2D eigenvalue weighted by Gasteiger charge is -2.23. The van der Waals surface area contributed by atoms with Crippen molar-refractivity contribution in [1.82, 2.24) is 9.79 Å². The normalized spacial score (nSPS) is 16.7. The van der Waals surface area contributed by atoms with Crippen molar-refractivity contribution in [2.24, 2.45) is 0 Å². The van der Waals surface area contributed by atoms with Gasteiger partial charge in [-0.05, 0) is 31.0 Å². The van der Waals surface area contributed by atoms with Crippen molar-refractivity contribution in [3.63, 3.8) is 0 Å². The molecule has 0 unspecified atom stereocenters. The number of nitrogens with one attached hydrogen (secondary N) is 1. The number of carbonyl (C=O) groups excluding carboxylic acids is 1. The predicted molar refractivity (Wildman–Crippen MR) is 82.7 cm³/mol. The predicted octanol–water partition coefficient (Wildman–Crippen LogP) is 1.93. The number of hydrogen-bond acceptors (Lipinski definition) is 4. The summed E-state index contributed by atoms with van der Waals surface area (Å²) in [5, 5.41) is 2.98.